The van der Waals surface area contributed by atoms with Crippen LogP contribution in [0, 0.1) is 5.92 Å². The maximum atomic E-state index is 12.5. The summed E-state index contributed by atoms with van der Waals surface area (Å²) in [4.78, 5) is 36.3. The molecule has 0 bridgehead atoms. The Morgan fingerprint density at radius 3 is 2.15 bits per heavy atom. The SMILES string of the molecule is COc1ccc(C(=O)Nc2ccccc2C(=O)N[C@H](C(=O)O)C(C)C)cc1. The van der Waals surface area contributed by atoms with Crippen LogP contribution in [0.15, 0.2) is 48.5 Å². The van der Waals surface area contributed by atoms with E-state index in [1.165, 1.54) is 13.2 Å². The number of para-hydroxylation sites is 1. The molecule has 2 rings (SSSR count). The molecule has 0 radical (unpaired) electrons. The number of nitrogens with one attached hydrogen (secondary N) is 2. The Labute approximate surface area is 157 Å². The number of carboxylic acid groups (broad SMARTS) is 1. The third kappa shape index (κ3) is 5.07. The maximum absolute atomic E-state index is 12.5. The predicted molar refractivity (Wildman–Crippen MR) is 101 cm³/mol. The molecule has 0 saturated carbocycles. The van der Waals surface area contributed by atoms with E-state index in [1.807, 2.05) is 0 Å². The van der Waals surface area contributed by atoms with Crippen molar-refractivity contribution in [3.05, 3.63) is 59.7 Å². The van der Waals surface area contributed by atoms with Gasteiger partial charge in [0.15, 0.2) is 0 Å². The fourth-order valence-corrected chi connectivity index (χ4v) is 2.46. The van der Waals surface area contributed by atoms with Gasteiger partial charge >= 0.3 is 5.97 Å². The third-order valence-corrected chi connectivity index (χ3v) is 3.99. The second kappa shape index (κ2) is 8.84. The fourth-order valence-electron chi connectivity index (χ4n) is 2.46. The topological polar surface area (TPSA) is 105 Å². The van der Waals surface area contributed by atoms with Crippen molar-refractivity contribution in [2.45, 2.75) is 19.9 Å². The van der Waals surface area contributed by atoms with E-state index in [1.54, 1.807) is 56.3 Å². The molecule has 2 aromatic rings. The molecular formula is C20H22N2O5. The Bertz CT molecular complexity index is 831. The lowest BCUT2D eigenvalue weighted by Gasteiger charge is -2.19. The zero-order valence-corrected chi connectivity index (χ0v) is 15.4. The van der Waals surface area contributed by atoms with Gasteiger partial charge < -0.3 is 20.5 Å². The van der Waals surface area contributed by atoms with E-state index < -0.39 is 23.8 Å². The average Bonchev–Trinajstić information content (AvgIpc) is 2.65. The average molecular weight is 370 g/mol. The Balaban J connectivity index is 2.20. The minimum atomic E-state index is -1.11. The minimum Gasteiger partial charge on any atom is -0.497 e. The largest absolute Gasteiger partial charge is 0.497 e. The van der Waals surface area contributed by atoms with Gasteiger partial charge in [-0.3, -0.25) is 9.59 Å². The molecule has 0 fully saturated rings. The Hall–Kier alpha value is -3.35. The molecule has 7 nitrogen and oxygen atoms in total. The van der Waals surface area contributed by atoms with Gasteiger partial charge in [-0.05, 0) is 42.3 Å². The van der Waals surface area contributed by atoms with E-state index in [2.05, 4.69) is 10.6 Å². The Morgan fingerprint density at radius 2 is 1.59 bits per heavy atom. The lowest BCUT2D eigenvalue weighted by atomic mass is 10.0. The summed E-state index contributed by atoms with van der Waals surface area (Å²) in [6.45, 7) is 3.41. The summed E-state index contributed by atoms with van der Waals surface area (Å²) in [5, 5.41) is 14.4. The first-order chi connectivity index (χ1) is 12.8. The highest BCUT2D eigenvalue weighted by atomic mass is 16.5. The van der Waals surface area contributed by atoms with E-state index in [9.17, 15) is 19.5 Å². The molecule has 0 saturated heterocycles. The quantitative estimate of drug-likeness (QED) is 0.695. The molecule has 142 valence electrons. The van der Waals surface area contributed by atoms with E-state index in [-0.39, 0.29) is 11.5 Å². The monoisotopic (exact) mass is 370 g/mol. The molecule has 0 aliphatic rings. The first kappa shape index (κ1) is 20.0. The number of ether oxygens (including phenoxy) is 1. The third-order valence-electron chi connectivity index (χ3n) is 3.99. The van der Waals surface area contributed by atoms with Crippen molar-refractivity contribution >= 4 is 23.5 Å². The number of carbonyl (C=O) groups excluding carboxylic acids is 2. The van der Waals surface area contributed by atoms with E-state index in [4.69, 9.17) is 4.74 Å². The number of hydrogen-bond donors (Lipinski definition) is 3. The number of benzene rings is 2. The number of carboxylic acids is 1. The number of aliphatic carboxylic acids is 1. The van der Waals surface area contributed by atoms with Crippen molar-refractivity contribution < 1.29 is 24.2 Å². The first-order valence-corrected chi connectivity index (χ1v) is 8.41. The van der Waals surface area contributed by atoms with Crippen LogP contribution in [0.4, 0.5) is 5.69 Å². The van der Waals surface area contributed by atoms with Gasteiger partial charge in [-0.1, -0.05) is 26.0 Å². The van der Waals surface area contributed by atoms with E-state index in [0.717, 1.165) is 0 Å². The van der Waals surface area contributed by atoms with Gasteiger partial charge in [-0.2, -0.15) is 0 Å². The highest BCUT2D eigenvalue weighted by molar-refractivity contribution is 6.09. The van der Waals surface area contributed by atoms with Crippen LogP contribution in [-0.4, -0.2) is 36.0 Å². The summed E-state index contributed by atoms with van der Waals surface area (Å²) in [7, 11) is 1.53. The van der Waals surface area contributed by atoms with Gasteiger partial charge in [0.25, 0.3) is 11.8 Å². The second-order valence-electron chi connectivity index (χ2n) is 6.26. The molecule has 27 heavy (non-hydrogen) atoms. The molecule has 3 N–H and O–H groups in total. The van der Waals surface area contributed by atoms with Crippen LogP contribution in [0.5, 0.6) is 5.75 Å². The normalized spacial score (nSPS) is 11.6. The summed E-state index contributed by atoms with van der Waals surface area (Å²) < 4.78 is 5.06. The van der Waals surface area contributed by atoms with Gasteiger partial charge in [-0.25, -0.2) is 4.79 Å². The van der Waals surface area contributed by atoms with Crippen LogP contribution in [0.25, 0.3) is 0 Å². The van der Waals surface area contributed by atoms with E-state index >= 15 is 0 Å². The fraction of sp³-hybridized carbons (Fsp3) is 0.250. The zero-order chi connectivity index (χ0) is 20.0. The Kier molecular flexibility index (Phi) is 6.54. The molecule has 0 unspecified atom stereocenters. The summed E-state index contributed by atoms with van der Waals surface area (Å²) >= 11 is 0. The van der Waals surface area contributed by atoms with Crippen LogP contribution in [0.1, 0.15) is 34.6 Å². The number of methoxy groups -OCH3 is 1. The van der Waals surface area contributed by atoms with Crippen LogP contribution < -0.4 is 15.4 Å². The van der Waals surface area contributed by atoms with Gasteiger partial charge in [0.1, 0.15) is 11.8 Å². The standard InChI is InChI=1S/C20H22N2O5/c1-12(2)17(20(25)26)22-19(24)15-6-4-5-7-16(15)21-18(23)13-8-10-14(27-3)11-9-13/h4-12,17H,1-3H3,(H,21,23)(H,22,24)(H,25,26)/t17-/m0/s1. The van der Waals surface area contributed by atoms with Crippen LogP contribution in [0.2, 0.25) is 0 Å². The highest BCUT2D eigenvalue weighted by Crippen LogP contribution is 2.18. The summed E-state index contributed by atoms with van der Waals surface area (Å²) in [6.07, 6.45) is 0. The molecule has 0 aliphatic carbocycles. The van der Waals surface area contributed by atoms with Gasteiger partial charge in [-0.15, -0.1) is 0 Å². The van der Waals surface area contributed by atoms with Crippen LogP contribution in [0.3, 0.4) is 0 Å². The van der Waals surface area contributed by atoms with Crippen molar-refractivity contribution in [1.82, 2.24) is 5.32 Å². The van der Waals surface area contributed by atoms with Crippen LogP contribution >= 0.6 is 0 Å². The van der Waals surface area contributed by atoms with Crippen molar-refractivity contribution in [2.75, 3.05) is 12.4 Å². The first-order valence-electron chi connectivity index (χ1n) is 8.41. The van der Waals surface area contributed by atoms with Crippen molar-refractivity contribution in [3.63, 3.8) is 0 Å². The van der Waals surface area contributed by atoms with E-state index in [0.29, 0.717) is 17.0 Å². The summed E-state index contributed by atoms with van der Waals surface area (Å²) in [6, 6.07) is 11.9. The Morgan fingerprint density at radius 1 is 0.963 bits per heavy atom. The molecular weight excluding hydrogens is 348 g/mol. The number of anilines is 1. The molecule has 2 aromatic carbocycles. The lowest BCUT2D eigenvalue weighted by molar-refractivity contribution is -0.140. The van der Waals surface area contributed by atoms with Crippen molar-refractivity contribution in [2.24, 2.45) is 5.92 Å². The smallest absolute Gasteiger partial charge is 0.326 e. The predicted octanol–water partition coefficient (Wildman–Crippen LogP) is 2.79. The number of carbonyl (C=O) groups is 3. The number of rotatable bonds is 7. The molecule has 0 aliphatic heterocycles. The zero-order valence-electron chi connectivity index (χ0n) is 15.4. The van der Waals surface area contributed by atoms with Gasteiger partial charge in [0, 0.05) is 5.56 Å². The van der Waals surface area contributed by atoms with Crippen LogP contribution in [-0.2, 0) is 4.79 Å². The molecule has 0 aromatic heterocycles. The molecule has 0 heterocycles. The molecule has 0 spiro atoms. The van der Waals surface area contributed by atoms with Crippen molar-refractivity contribution in [3.8, 4) is 5.75 Å². The molecule has 7 heteroatoms. The molecule has 2 amide bonds. The minimum absolute atomic E-state index is 0.186. The highest BCUT2D eigenvalue weighted by Gasteiger charge is 2.25. The second-order valence-corrected chi connectivity index (χ2v) is 6.26. The van der Waals surface area contributed by atoms with Crippen molar-refractivity contribution in [1.29, 1.82) is 0 Å². The maximum Gasteiger partial charge on any atom is 0.326 e. The molecule has 1 atom stereocenters. The number of amides is 2. The van der Waals surface area contributed by atoms with Gasteiger partial charge in [0.05, 0.1) is 18.4 Å². The number of hydrogen-bond acceptors (Lipinski definition) is 4. The lowest BCUT2D eigenvalue weighted by Crippen LogP contribution is -2.44. The summed E-state index contributed by atoms with van der Waals surface area (Å²) in [5.41, 5.74) is 0.881. The summed E-state index contributed by atoms with van der Waals surface area (Å²) in [5.74, 6) is -1.73. The van der Waals surface area contributed by atoms with Gasteiger partial charge in [0.2, 0.25) is 0 Å².